The Morgan fingerprint density at radius 2 is 2.12 bits per heavy atom. The van der Waals surface area contributed by atoms with Gasteiger partial charge in [-0.05, 0) is 48.8 Å². The molecule has 1 aromatic carbocycles. The minimum absolute atomic E-state index is 0.342. The molecule has 0 amide bonds. The molecule has 0 aromatic heterocycles. The molecule has 3 atom stereocenters. The molecule has 1 nitrogen and oxygen atoms in total. The molecular weight excluding hydrogens is 276 g/mol. The summed E-state index contributed by atoms with van der Waals surface area (Å²) in [5, 5.41) is 0. The quantitative estimate of drug-likeness (QED) is 0.746. The summed E-state index contributed by atoms with van der Waals surface area (Å²) in [4.78, 5) is 0.496. The van der Waals surface area contributed by atoms with Crippen LogP contribution in [0, 0.1) is 11.8 Å². The van der Waals surface area contributed by atoms with Gasteiger partial charge in [0.05, 0.1) is 0 Å². The topological polar surface area (TPSA) is 9.23 Å². The Morgan fingerprint density at radius 3 is 2.82 bits per heavy atom. The van der Waals surface area contributed by atoms with Crippen LogP contribution >= 0.6 is 15.9 Å². The Morgan fingerprint density at radius 1 is 1.35 bits per heavy atom. The third-order valence-corrected chi connectivity index (χ3v) is 5.43. The Hall–Kier alpha value is -0.500. The maximum absolute atomic E-state index is 5.75. The summed E-state index contributed by atoms with van der Waals surface area (Å²) in [5.41, 5.74) is 2.79. The van der Waals surface area contributed by atoms with Crippen LogP contribution in [0.2, 0.25) is 0 Å². The molecule has 1 heterocycles. The minimum atomic E-state index is 0.342. The molecule has 92 valence electrons. The van der Waals surface area contributed by atoms with Gasteiger partial charge >= 0.3 is 0 Å². The highest BCUT2D eigenvalue weighted by atomic mass is 79.9. The number of hydrogen-bond donors (Lipinski definition) is 0. The average molecular weight is 295 g/mol. The van der Waals surface area contributed by atoms with E-state index in [2.05, 4.69) is 48.0 Å². The predicted molar refractivity (Wildman–Crippen MR) is 73.8 cm³/mol. The van der Waals surface area contributed by atoms with E-state index in [4.69, 9.17) is 4.74 Å². The molecule has 1 saturated carbocycles. The van der Waals surface area contributed by atoms with E-state index in [9.17, 15) is 0 Å². The van der Waals surface area contributed by atoms with Gasteiger partial charge in [-0.1, -0.05) is 35.0 Å². The molecule has 1 aromatic rings. The number of rotatable bonds is 3. The van der Waals surface area contributed by atoms with Crippen molar-refractivity contribution in [3.05, 3.63) is 29.3 Å². The fraction of sp³-hybridized carbons (Fsp3) is 0.600. The zero-order valence-corrected chi connectivity index (χ0v) is 12.0. The van der Waals surface area contributed by atoms with Crippen LogP contribution in [0.4, 0.5) is 0 Å². The molecule has 1 aliphatic heterocycles. The summed E-state index contributed by atoms with van der Waals surface area (Å²) < 4.78 is 5.75. The minimum Gasteiger partial charge on any atom is -0.490 e. The Balaban J connectivity index is 1.81. The molecule has 3 unspecified atom stereocenters. The highest BCUT2D eigenvalue weighted by Gasteiger charge is 2.33. The van der Waals surface area contributed by atoms with Crippen molar-refractivity contribution in [3.8, 4) is 5.75 Å². The largest absolute Gasteiger partial charge is 0.490 e. The van der Waals surface area contributed by atoms with Crippen LogP contribution in [0.3, 0.4) is 0 Å². The second-order valence-electron chi connectivity index (χ2n) is 5.60. The molecule has 0 N–H and O–H groups in total. The van der Waals surface area contributed by atoms with E-state index in [1.54, 1.807) is 0 Å². The Kier molecular flexibility index (Phi) is 2.94. The molecule has 0 radical (unpaired) electrons. The SMILES string of the molecule is CC1Cc2cc(C(Br)C(C)C3CC3)ccc2O1. The Bertz CT molecular complexity index is 425. The number of fused-ring (bicyclic) bond motifs is 1. The van der Waals surface area contributed by atoms with Crippen LogP contribution in [-0.2, 0) is 6.42 Å². The van der Waals surface area contributed by atoms with Crippen LogP contribution in [0.5, 0.6) is 5.75 Å². The van der Waals surface area contributed by atoms with E-state index < -0.39 is 0 Å². The molecule has 2 heteroatoms. The first-order chi connectivity index (χ1) is 8.15. The van der Waals surface area contributed by atoms with Crippen molar-refractivity contribution in [3.63, 3.8) is 0 Å². The summed E-state index contributed by atoms with van der Waals surface area (Å²) in [7, 11) is 0. The molecule has 2 aliphatic rings. The van der Waals surface area contributed by atoms with E-state index in [0.717, 1.165) is 24.0 Å². The van der Waals surface area contributed by atoms with Gasteiger partial charge in [0.2, 0.25) is 0 Å². The molecule has 0 bridgehead atoms. The van der Waals surface area contributed by atoms with E-state index >= 15 is 0 Å². The number of halogens is 1. The van der Waals surface area contributed by atoms with Crippen molar-refractivity contribution >= 4 is 15.9 Å². The van der Waals surface area contributed by atoms with Gasteiger partial charge in [-0.25, -0.2) is 0 Å². The fourth-order valence-corrected chi connectivity index (χ4v) is 3.49. The fourth-order valence-electron chi connectivity index (χ4n) is 2.78. The summed E-state index contributed by atoms with van der Waals surface area (Å²) in [5.74, 6) is 2.76. The van der Waals surface area contributed by atoms with Gasteiger partial charge in [0, 0.05) is 11.2 Å². The summed E-state index contributed by atoms with van der Waals surface area (Å²) >= 11 is 3.87. The number of ether oxygens (including phenoxy) is 1. The zero-order chi connectivity index (χ0) is 12.0. The molecule has 1 fully saturated rings. The van der Waals surface area contributed by atoms with Crippen molar-refractivity contribution in [2.75, 3.05) is 0 Å². The highest BCUT2D eigenvalue weighted by molar-refractivity contribution is 9.09. The van der Waals surface area contributed by atoms with E-state index in [0.29, 0.717) is 10.9 Å². The number of hydrogen-bond acceptors (Lipinski definition) is 1. The second-order valence-corrected chi connectivity index (χ2v) is 6.58. The van der Waals surface area contributed by atoms with Gasteiger partial charge in [-0.3, -0.25) is 0 Å². The summed E-state index contributed by atoms with van der Waals surface area (Å²) in [6.45, 7) is 4.50. The lowest BCUT2D eigenvalue weighted by Gasteiger charge is -2.18. The molecular formula is C15H19BrO. The first-order valence-corrected chi connectivity index (χ1v) is 7.50. The van der Waals surface area contributed by atoms with Crippen LogP contribution in [0.15, 0.2) is 18.2 Å². The van der Waals surface area contributed by atoms with Crippen LogP contribution in [0.25, 0.3) is 0 Å². The highest BCUT2D eigenvalue weighted by Crippen LogP contribution is 2.47. The van der Waals surface area contributed by atoms with Gasteiger partial charge in [0.1, 0.15) is 11.9 Å². The van der Waals surface area contributed by atoms with Crippen molar-refractivity contribution < 1.29 is 4.74 Å². The first kappa shape index (κ1) is 11.6. The maximum Gasteiger partial charge on any atom is 0.123 e. The third kappa shape index (κ3) is 2.24. The molecule has 3 rings (SSSR count). The van der Waals surface area contributed by atoms with E-state index in [1.165, 1.54) is 24.0 Å². The normalized spacial score (nSPS) is 26.2. The first-order valence-electron chi connectivity index (χ1n) is 6.58. The average Bonchev–Trinajstić information content (AvgIpc) is 3.08. The lowest BCUT2D eigenvalue weighted by atomic mass is 9.95. The maximum atomic E-state index is 5.75. The van der Waals surface area contributed by atoms with E-state index in [1.807, 2.05) is 0 Å². The predicted octanol–water partition coefficient (Wildman–Crippen LogP) is 4.49. The number of alkyl halides is 1. The lowest BCUT2D eigenvalue weighted by Crippen LogP contribution is -2.06. The molecule has 0 spiro atoms. The number of benzene rings is 1. The van der Waals surface area contributed by atoms with Crippen molar-refractivity contribution in [2.45, 2.75) is 44.0 Å². The van der Waals surface area contributed by atoms with Crippen LogP contribution < -0.4 is 4.74 Å². The molecule has 0 saturated heterocycles. The van der Waals surface area contributed by atoms with Gasteiger partial charge in [-0.15, -0.1) is 0 Å². The third-order valence-electron chi connectivity index (χ3n) is 4.07. The summed E-state index contributed by atoms with van der Waals surface area (Å²) in [6, 6.07) is 6.69. The standard InChI is InChI=1S/C15H19BrO/c1-9-7-13-8-12(5-6-14(13)17-9)15(16)10(2)11-3-4-11/h5-6,8-11,15H,3-4,7H2,1-2H3. The van der Waals surface area contributed by atoms with E-state index in [-0.39, 0.29) is 0 Å². The Labute approximate surface area is 112 Å². The lowest BCUT2D eigenvalue weighted by molar-refractivity contribution is 0.254. The smallest absolute Gasteiger partial charge is 0.123 e. The summed E-state index contributed by atoms with van der Waals surface area (Å²) in [6.07, 6.45) is 4.22. The van der Waals surface area contributed by atoms with Gasteiger partial charge in [0.25, 0.3) is 0 Å². The van der Waals surface area contributed by atoms with Crippen LogP contribution in [0.1, 0.15) is 42.6 Å². The molecule has 1 aliphatic carbocycles. The van der Waals surface area contributed by atoms with Crippen LogP contribution in [-0.4, -0.2) is 6.10 Å². The molecule has 17 heavy (non-hydrogen) atoms. The van der Waals surface area contributed by atoms with Crippen molar-refractivity contribution in [1.82, 2.24) is 0 Å². The van der Waals surface area contributed by atoms with Gasteiger partial charge in [-0.2, -0.15) is 0 Å². The van der Waals surface area contributed by atoms with Crippen molar-refractivity contribution in [1.29, 1.82) is 0 Å². The second kappa shape index (κ2) is 4.31. The van der Waals surface area contributed by atoms with Gasteiger partial charge < -0.3 is 4.74 Å². The monoisotopic (exact) mass is 294 g/mol. The zero-order valence-electron chi connectivity index (χ0n) is 10.4. The van der Waals surface area contributed by atoms with Crippen molar-refractivity contribution in [2.24, 2.45) is 11.8 Å². The van der Waals surface area contributed by atoms with Gasteiger partial charge in [0.15, 0.2) is 0 Å².